The minimum Gasteiger partial charge on any atom is -0.486 e. The summed E-state index contributed by atoms with van der Waals surface area (Å²) in [5.74, 6) is 0.123. The van der Waals surface area contributed by atoms with E-state index in [1.165, 1.54) is 36.2 Å². The number of likely N-dealkylation sites (N-methyl/N-ethyl adjacent to an activating group) is 1. The second-order valence-electron chi connectivity index (χ2n) is 5.99. The summed E-state index contributed by atoms with van der Waals surface area (Å²) in [6.07, 6.45) is 3.02. The first-order valence-corrected chi connectivity index (χ1v) is 8.39. The van der Waals surface area contributed by atoms with E-state index in [2.05, 4.69) is 5.32 Å². The van der Waals surface area contributed by atoms with Gasteiger partial charge in [-0.3, -0.25) is 9.59 Å². The summed E-state index contributed by atoms with van der Waals surface area (Å²) in [5, 5.41) is 2.55. The Morgan fingerprint density at radius 3 is 2.70 bits per heavy atom. The number of ether oxygens (including phenoxy) is 2. The quantitative estimate of drug-likeness (QED) is 0.822. The van der Waals surface area contributed by atoms with Crippen LogP contribution in [0.4, 0.5) is 10.1 Å². The van der Waals surface area contributed by atoms with Crippen molar-refractivity contribution >= 4 is 23.6 Å². The number of rotatable bonds is 5. The van der Waals surface area contributed by atoms with Gasteiger partial charge >= 0.3 is 0 Å². The molecule has 0 bridgehead atoms. The SMILES string of the molecule is CN(CC(=O)Nc1cccc(F)c1)C(=O)/C=C/c1ccc2c(c1)OCCO2. The van der Waals surface area contributed by atoms with Crippen LogP contribution in [0.3, 0.4) is 0 Å². The molecular weight excluding hydrogens is 351 g/mol. The highest BCUT2D eigenvalue weighted by Gasteiger charge is 2.13. The van der Waals surface area contributed by atoms with Crippen LogP contribution in [0.15, 0.2) is 48.5 Å². The Kier molecular flexibility index (Phi) is 5.71. The van der Waals surface area contributed by atoms with Crippen molar-refractivity contribution in [3.05, 3.63) is 59.9 Å². The van der Waals surface area contributed by atoms with Crippen molar-refractivity contribution in [2.75, 3.05) is 32.1 Å². The Morgan fingerprint density at radius 2 is 1.93 bits per heavy atom. The molecule has 0 aromatic heterocycles. The van der Waals surface area contributed by atoms with E-state index in [0.29, 0.717) is 30.4 Å². The van der Waals surface area contributed by atoms with E-state index >= 15 is 0 Å². The molecule has 27 heavy (non-hydrogen) atoms. The molecule has 2 aromatic rings. The average molecular weight is 370 g/mol. The number of carbonyl (C=O) groups is 2. The van der Waals surface area contributed by atoms with Crippen molar-refractivity contribution in [1.29, 1.82) is 0 Å². The molecule has 0 saturated heterocycles. The first-order valence-electron chi connectivity index (χ1n) is 8.39. The maximum Gasteiger partial charge on any atom is 0.246 e. The predicted molar refractivity (Wildman–Crippen MR) is 99.1 cm³/mol. The largest absolute Gasteiger partial charge is 0.486 e. The Bertz CT molecular complexity index is 882. The van der Waals surface area contributed by atoms with Crippen molar-refractivity contribution in [1.82, 2.24) is 4.90 Å². The van der Waals surface area contributed by atoms with E-state index in [1.54, 1.807) is 24.3 Å². The number of carbonyl (C=O) groups excluding carboxylic acids is 2. The van der Waals surface area contributed by atoms with Crippen LogP contribution in [-0.2, 0) is 9.59 Å². The number of hydrogen-bond donors (Lipinski definition) is 1. The van der Waals surface area contributed by atoms with Crippen LogP contribution >= 0.6 is 0 Å². The summed E-state index contributed by atoms with van der Waals surface area (Å²) in [6.45, 7) is 0.853. The highest BCUT2D eigenvalue weighted by Crippen LogP contribution is 2.31. The van der Waals surface area contributed by atoms with Crippen molar-refractivity contribution in [2.24, 2.45) is 0 Å². The van der Waals surface area contributed by atoms with Crippen LogP contribution in [0.2, 0.25) is 0 Å². The summed E-state index contributed by atoms with van der Waals surface area (Å²) in [5.41, 5.74) is 1.12. The number of nitrogens with zero attached hydrogens (tertiary/aromatic N) is 1. The van der Waals surface area contributed by atoms with Crippen LogP contribution < -0.4 is 14.8 Å². The number of hydrogen-bond acceptors (Lipinski definition) is 4. The summed E-state index contributed by atoms with van der Waals surface area (Å²) < 4.78 is 24.1. The van der Waals surface area contributed by atoms with E-state index < -0.39 is 11.7 Å². The molecule has 7 heteroatoms. The highest BCUT2D eigenvalue weighted by atomic mass is 19.1. The average Bonchev–Trinajstić information content (AvgIpc) is 2.65. The number of anilines is 1. The fourth-order valence-electron chi connectivity index (χ4n) is 2.52. The van der Waals surface area contributed by atoms with Crippen molar-refractivity contribution in [3.8, 4) is 11.5 Å². The maximum absolute atomic E-state index is 13.1. The Morgan fingerprint density at radius 1 is 1.15 bits per heavy atom. The molecule has 6 nitrogen and oxygen atoms in total. The van der Waals surface area contributed by atoms with E-state index in [9.17, 15) is 14.0 Å². The molecule has 2 amide bonds. The third-order valence-electron chi connectivity index (χ3n) is 3.85. The topological polar surface area (TPSA) is 67.9 Å². The van der Waals surface area contributed by atoms with Crippen LogP contribution in [0.1, 0.15) is 5.56 Å². The van der Waals surface area contributed by atoms with Gasteiger partial charge in [0.25, 0.3) is 0 Å². The molecule has 0 radical (unpaired) electrons. The van der Waals surface area contributed by atoms with Gasteiger partial charge in [0.1, 0.15) is 19.0 Å². The van der Waals surface area contributed by atoms with Gasteiger partial charge in [0.2, 0.25) is 11.8 Å². The zero-order valence-electron chi connectivity index (χ0n) is 14.8. The van der Waals surface area contributed by atoms with Gasteiger partial charge < -0.3 is 19.7 Å². The lowest BCUT2D eigenvalue weighted by Crippen LogP contribution is -2.33. The van der Waals surface area contributed by atoms with Gasteiger partial charge in [-0.2, -0.15) is 0 Å². The van der Waals surface area contributed by atoms with Gasteiger partial charge in [-0.25, -0.2) is 4.39 Å². The van der Waals surface area contributed by atoms with Crippen LogP contribution in [0.25, 0.3) is 6.08 Å². The molecule has 0 aliphatic carbocycles. The van der Waals surface area contributed by atoms with Gasteiger partial charge in [0.15, 0.2) is 11.5 Å². The lowest BCUT2D eigenvalue weighted by molar-refractivity contribution is -0.129. The molecule has 0 fully saturated rings. The van der Waals surface area contributed by atoms with Crippen LogP contribution in [0, 0.1) is 5.82 Å². The maximum atomic E-state index is 13.1. The fourth-order valence-corrected chi connectivity index (χ4v) is 2.52. The summed E-state index contributed by atoms with van der Waals surface area (Å²) >= 11 is 0. The minimum absolute atomic E-state index is 0.152. The lowest BCUT2D eigenvalue weighted by Gasteiger charge is -2.18. The van der Waals surface area contributed by atoms with Crippen LogP contribution in [0.5, 0.6) is 11.5 Å². The van der Waals surface area contributed by atoms with Gasteiger partial charge in [0, 0.05) is 18.8 Å². The molecule has 3 rings (SSSR count). The molecule has 0 unspecified atom stereocenters. The lowest BCUT2D eigenvalue weighted by atomic mass is 10.2. The van der Waals surface area contributed by atoms with Gasteiger partial charge in [0.05, 0.1) is 6.54 Å². The minimum atomic E-state index is -0.445. The molecule has 1 aliphatic rings. The second kappa shape index (κ2) is 8.35. The molecule has 140 valence electrons. The fraction of sp³-hybridized carbons (Fsp3) is 0.200. The zero-order chi connectivity index (χ0) is 19.2. The van der Waals surface area contributed by atoms with Crippen molar-refractivity contribution in [3.63, 3.8) is 0 Å². The smallest absolute Gasteiger partial charge is 0.246 e. The number of fused-ring (bicyclic) bond motifs is 1. The highest BCUT2D eigenvalue weighted by molar-refractivity contribution is 5.97. The monoisotopic (exact) mass is 370 g/mol. The Balaban J connectivity index is 1.55. The normalized spacial score (nSPS) is 12.7. The van der Waals surface area contributed by atoms with Gasteiger partial charge in [-0.05, 0) is 42.0 Å². The standard InChI is InChI=1S/C20H19FN2O4/c1-23(13-19(24)22-16-4-2-3-15(21)12-16)20(25)8-6-14-5-7-17-18(11-14)27-10-9-26-17/h2-8,11-12H,9-10,13H2,1H3,(H,22,24)/b8-6+. The summed E-state index contributed by atoms with van der Waals surface area (Å²) in [4.78, 5) is 25.4. The van der Waals surface area contributed by atoms with Gasteiger partial charge in [-0.15, -0.1) is 0 Å². The third-order valence-corrected chi connectivity index (χ3v) is 3.85. The molecule has 0 saturated carbocycles. The molecule has 1 N–H and O–H groups in total. The molecule has 1 aliphatic heterocycles. The molecule has 0 atom stereocenters. The van der Waals surface area contributed by atoms with Crippen LogP contribution in [-0.4, -0.2) is 43.5 Å². The van der Waals surface area contributed by atoms with E-state index in [0.717, 1.165) is 5.56 Å². The Hall–Kier alpha value is -3.35. The van der Waals surface area contributed by atoms with E-state index in [-0.39, 0.29) is 12.5 Å². The first-order chi connectivity index (χ1) is 13.0. The molecule has 1 heterocycles. The third kappa shape index (κ3) is 5.07. The second-order valence-corrected chi connectivity index (χ2v) is 5.99. The Labute approximate surface area is 156 Å². The number of nitrogens with one attached hydrogen (secondary N) is 1. The molecule has 0 spiro atoms. The zero-order valence-corrected chi connectivity index (χ0v) is 14.8. The van der Waals surface area contributed by atoms with E-state index in [4.69, 9.17) is 9.47 Å². The van der Waals surface area contributed by atoms with Crippen molar-refractivity contribution in [2.45, 2.75) is 0 Å². The summed E-state index contributed by atoms with van der Waals surface area (Å²) in [7, 11) is 1.52. The van der Waals surface area contributed by atoms with E-state index in [1.807, 2.05) is 6.07 Å². The number of halogens is 1. The first kappa shape index (κ1) is 18.4. The molecular formula is C20H19FN2O4. The summed E-state index contributed by atoms with van der Waals surface area (Å²) in [6, 6.07) is 11.0. The predicted octanol–water partition coefficient (Wildman–Crippen LogP) is 2.71. The van der Waals surface area contributed by atoms with Gasteiger partial charge in [-0.1, -0.05) is 12.1 Å². The number of amides is 2. The number of benzene rings is 2. The van der Waals surface area contributed by atoms with Crippen molar-refractivity contribution < 1.29 is 23.5 Å². The molecule has 2 aromatic carbocycles.